The van der Waals surface area contributed by atoms with E-state index >= 15 is 0 Å². The van der Waals surface area contributed by atoms with Crippen LogP contribution in [0.5, 0.6) is 0 Å². The molecule has 1 unspecified atom stereocenters. The molecule has 1 aliphatic rings. The summed E-state index contributed by atoms with van der Waals surface area (Å²) < 4.78 is 3.19. The Hall–Kier alpha value is -0.350. The Labute approximate surface area is 131 Å². The number of aryl methyl sites for hydroxylation is 1. The van der Waals surface area contributed by atoms with Crippen LogP contribution >= 0.6 is 15.9 Å². The van der Waals surface area contributed by atoms with Crippen molar-refractivity contribution in [3.63, 3.8) is 0 Å². The van der Waals surface area contributed by atoms with Gasteiger partial charge in [-0.1, -0.05) is 39.0 Å². The number of hydrogen-bond acceptors (Lipinski definition) is 2. The molecule has 114 valence electrons. The van der Waals surface area contributed by atoms with Crippen molar-refractivity contribution in [1.82, 2.24) is 15.1 Å². The average Bonchev–Trinajstić information content (AvgIpc) is 2.72. The molecule has 1 aromatic heterocycles. The van der Waals surface area contributed by atoms with Gasteiger partial charge in [-0.05, 0) is 47.7 Å². The molecule has 1 heterocycles. The van der Waals surface area contributed by atoms with Gasteiger partial charge in [-0.25, -0.2) is 0 Å². The van der Waals surface area contributed by atoms with E-state index in [-0.39, 0.29) is 0 Å². The van der Waals surface area contributed by atoms with E-state index in [1.54, 1.807) is 0 Å². The van der Waals surface area contributed by atoms with E-state index in [9.17, 15) is 0 Å². The van der Waals surface area contributed by atoms with Crippen LogP contribution in [0.1, 0.15) is 70.0 Å². The molecule has 0 bridgehead atoms. The maximum Gasteiger partial charge on any atom is 0.0695 e. The van der Waals surface area contributed by atoms with Gasteiger partial charge in [-0.2, -0.15) is 5.10 Å². The van der Waals surface area contributed by atoms with Crippen LogP contribution in [0.3, 0.4) is 0 Å². The highest BCUT2D eigenvalue weighted by atomic mass is 79.9. The number of hydrogen-bond donors (Lipinski definition) is 1. The van der Waals surface area contributed by atoms with Crippen molar-refractivity contribution in [2.75, 3.05) is 6.54 Å². The summed E-state index contributed by atoms with van der Waals surface area (Å²) in [5, 5.41) is 8.19. The van der Waals surface area contributed by atoms with Gasteiger partial charge in [-0.3, -0.25) is 4.68 Å². The standard InChI is InChI=1S/C16H28BrN3/c1-3-11-18-15(16-14(17)12-19-20(16)2)13-9-7-5-4-6-8-10-13/h12-13,15,18H,3-11H2,1-2H3. The van der Waals surface area contributed by atoms with E-state index in [2.05, 4.69) is 40.3 Å². The molecule has 4 heteroatoms. The zero-order valence-corrected chi connectivity index (χ0v) is 14.5. The van der Waals surface area contributed by atoms with Crippen molar-refractivity contribution in [2.24, 2.45) is 13.0 Å². The van der Waals surface area contributed by atoms with Gasteiger partial charge in [0.05, 0.1) is 22.4 Å². The Kier molecular flexibility index (Phi) is 6.56. The van der Waals surface area contributed by atoms with Gasteiger partial charge in [0.1, 0.15) is 0 Å². The number of aromatic nitrogens is 2. The molecule has 0 aliphatic heterocycles. The lowest BCUT2D eigenvalue weighted by atomic mass is 9.84. The maximum absolute atomic E-state index is 4.41. The molecule has 0 radical (unpaired) electrons. The molecule has 0 spiro atoms. The summed E-state index contributed by atoms with van der Waals surface area (Å²) in [6.45, 7) is 3.32. The lowest BCUT2D eigenvalue weighted by Gasteiger charge is -2.30. The van der Waals surface area contributed by atoms with Gasteiger partial charge in [0.25, 0.3) is 0 Å². The lowest BCUT2D eigenvalue weighted by Crippen LogP contribution is -2.31. The highest BCUT2D eigenvalue weighted by Crippen LogP contribution is 2.35. The van der Waals surface area contributed by atoms with Crippen LogP contribution < -0.4 is 5.32 Å². The van der Waals surface area contributed by atoms with Crippen molar-refractivity contribution in [3.8, 4) is 0 Å². The third kappa shape index (κ3) is 4.08. The van der Waals surface area contributed by atoms with E-state index in [0.29, 0.717) is 6.04 Å². The van der Waals surface area contributed by atoms with Gasteiger partial charge in [-0.15, -0.1) is 0 Å². The molecule has 1 N–H and O–H groups in total. The summed E-state index contributed by atoms with van der Waals surface area (Å²) in [7, 11) is 2.06. The summed E-state index contributed by atoms with van der Waals surface area (Å²) >= 11 is 3.69. The van der Waals surface area contributed by atoms with Gasteiger partial charge in [0.15, 0.2) is 0 Å². The van der Waals surface area contributed by atoms with E-state index in [1.807, 2.05) is 10.9 Å². The Morgan fingerprint density at radius 1 is 1.30 bits per heavy atom. The Morgan fingerprint density at radius 2 is 1.95 bits per heavy atom. The molecular formula is C16H28BrN3. The number of nitrogens with zero attached hydrogens (tertiary/aromatic N) is 2. The predicted molar refractivity (Wildman–Crippen MR) is 87.8 cm³/mol. The fourth-order valence-electron chi connectivity index (χ4n) is 3.38. The van der Waals surface area contributed by atoms with Crippen molar-refractivity contribution < 1.29 is 0 Å². The molecule has 0 saturated heterocycles. The molecule has 1 saturated carbocycles. The van der Waals surface area contributed by atoms with Crippen LogP contribution in [-0.4, -0.2) is 16.3 Å². The molecule has 3 nitrogen and oxygen atoms in total. The summed E-state index contributed by atoms with van der Waals surface area (Å²) in [5.74, 6) is 0.744. The first-order chi connectivity index (χ1) is 9.74. The molecule has 1 atom stereocenters. The Balaban J connectivity index is 2.17. The van der Waals surface area contributed by atoms with E-state index in [1.165, 1.54) is 57.1 Å². The first kappa shape index (κ1) is 16.0. The summed E-state index contributed by atoms with van der Waals surface area (Å²) in [6.07, 6.45) is 12.8. The lowest BCUT2D eigenvalue weighted by molar-refractivity contribution is 0.278. The molecule has 0 aromatic carbocycles. The first-order valence-electron chi connectivity index (χ1n) is 8.14. The third-order valence-corrected chi connectivity index (χ3v) is 5.08. The SMILES string of the molecule is CCCNC(c1c(Br)cnn1C)C1CCCCCCC1. The summed E-state index contributed by atoms with van der Waals surface area (Å²) in [4.78, 5) is 0. The van der Waals surface area contributed by atoms with E-state index in [0.717, 1.165) is 16.9 Å². The topological polar surface area (TPSA) is 29.9 Å². The Morgan fingerprint density at radius 3 is 2.50 bits per heavy atom. The highest BCUT2D eigenvalue weighted by Gasteiger charge is 2.27. The van der Waals surface area contributed by atoms with Crippen molar-refractivity contribution in [1.29, 1.82) is 0 Å². The van der Waals surface area contributed by atoms with E-state index in [4.69, 9.17) is 0 Å². The molecule has 2 rings (SSSR count). The zero-order chi connectivity index (χ0) is 14.4. The molecule has 1 aliphatic carbocycles. The van der Waals surface area contributed by atoms with Gasteiger partial charge >= 0.3 is 0 Å². The van der Waals surface area contributed by atoms with Crippen LogP contribution in [0, 0.1) is 5.92 Å². The first-order valence-corrected chi connectivity index (χ1v) is 8.94. The number of halogens is 1. The largest absolute Gasteiger partial charge is 0.308 e. The second-order valence-electron chi connectivity index (χ2n) is 6.04. The minimum absolute atomic E-state index is 0.440. The van der Waals surface area contributed by atoms with Crippen LogP contribution in [0.25, 0.3) is 0 Å². The minimum atomic E-state index is 0.440. The van der Waals surface area contributed by atoms with Crippen LogP contribution in [-0.2, 0) is 7.05 Å². The highest BCUT2D eigenvalue weighted by molar-refractivity contribution is 9.10. The zero-order valence-electron chi connectivity index (χ0n) is 12.9. The molecular weight excluding hydrogens is 314 g/mol. The summed E-state index contributed by atoms with van der Waals surface area (Å²) in [6, 6.07) is 0.440. The van der Waals surface area contributed by atoms with Crippen molar-refractivity contribution in [3.05, 3.63) is 16.4 Å². The second kappa shape index (κ2) is 8.18. The normalized spacial score (nSPS) is 19.6. The molecule has 0 amide bonds. The van der Waals surface area contributed by atoms with Crippen LogP contribution in [0.4, 0.5) is 0 Å². The van der Waals surface area contributed by atoms with Gasteiger partial charge < -0.3 is 5.32 Å². The monoisotopic (exact) mass is 341 g/mol. The summed E-state index contributed by atoms with van der Waals surface area (Å²) in [5.41, 5.74) is 1.32. The maximum atomic E-state index is 4.41. The van der Waals surface area contributed by atoms with Crippen LogP contribution in [0.15, 0.2) is 10.7 Å². The van der Waals surface area contributed by atoms with Gasteiger partial charge in [0.2, 0.25) is 0 Å². The third-order valence-electron chi connectivity index (χ3n) is 4.47. The van der Waals surface area contributed by atoms with Crippen molar-refractivity contribution in [2.45, 2.75) is 64.3 Å². The van der Waals surface area contributed by atoms with Gasteiger partial charge in [0, 0.05) is 7.05 Å². The fourth-order valence-corrected chi connectivity index (χ4v) is 3.97. The average molecular weight is 342 g/mol. The Bertz CT molecular complexity index is 375. The predicted octanol–water partition coefficient (Wildman–Crippen LogP) is 4.58. The van der Waals surface area contributed by atoms with Crippen LogP contribution in [0.2, 0.25) is 0 Å². The second-order valence-corrected chi connectivity index (χ2v) is 6.89. The number of nitrogens with one attached hydrogen (secondary N) is 1. The molecule has 1 aromatic rings. The number of rotatable bonds is 5. The smallest absolute Gasteiger partial charge is 0.0695 e. The fraction of sp³-hybridized carbons (Fsp3) is 0.812. The minimum Gasteiger partial charge on any atom is -0.308 e. The molecule has 1 fully saturated rings. The van der Waals surface area contributed by atoms with Crippen molar-refractivity contribution >= 4 is 15.9 Å². The van der Waals surface area contributed by atoms with E-state index < -0.39 is 0 Å². The quantitative estimate of drug-likeness (QED) is 0.849. The molecule has 20 heavy (non-hydrogen) atoms.